The first-order valence-corrected chi connectivity index (χ1v) is 6.10. The number of carbonyl (C=O) groups is 1. The second kappa shape index (κ2) is 6.53. The molecule has 0 fully saturated rings. The lowest BCUT2D eigenvalue weighted by Crippen LogP contribution is -2.03. The van der Waals surface area contributed by atoms with Crippen molar-refractivity contribution in [1.82, 2.24) is 0 Å². The van der Waals surface area contributed by atoms with E-state index in [2.05, 4.69) is 27.3 Å². The standard InChI is InChI=1S/C12H16BrNO2/c1-9-5-6-10(13)11(8-9)14-7-3-2-4-12(15)16/h5-6,8,14H,2-4,7H2,1H3,(H,15,16). The number of carboxylic acids is 1. The molecule has 1 rings (SSSR count). The lowest BCUT2D eigenvalue weighted by atomic mass is 10.2. The van der Waals surface area contributed by atoms with Crippen LogP contribution >= 0.6 is 15.9 Å². The molecule has 0 aliphatic heterocycles. The highest BCUT2D eigenvalue weighted by molar-refractivity contribution is 9.10. The highest BCUT2D eigenvalue weighted by Gasteiger charge is 2.00. The van der Waals surface area contributed by atoms with Crippen LogP contribution in [0.25, 0.3) is 0 Å². The summed E-state index contributed by atoms with van der Waals surface area (Å²) in [5.74, 6) is -0.725. The molecule has 0 bridgehead atoms. The van der Waals surface area contributed by atoms with Gasteiger partial charge in [0, 0.05) is 23.1 Å². The molecule has 3 nitrogen and oxygen atoms in total. The van der Waals surface area contributed by atoms with Crippen LogP contribution in [0.3, 0.4) is 0 Å². The number of halogens is 1. The molecule has 0 saturated heterocycles. The fraction of sp³-hybridized carbons (Fsp3) is 0.417. The van der Waals surface area contributed by atoms with Crippen LogP contribution in [0, 0.1) is 6.92 Å². The zero-order valence-electron chi connectivity index (χ0n) is 9.29. The van der Waals surface area contributed by atoms with Crippen LogP contribution in [-0.4, -0.2) is 17.6 Å². The summed E-state index contributed by atoms with van der Waals surface area (Å²) < 4.78 is 1.04. The van der Waals surface area contributed by atoms with E-state index in [1.165, 1.54) is 5.56 Å². The van der Waals surface area contributed by atoms with Gasteiger partial charge in [0.25, 0.3) is 0 Å². The van der Waals surface area contributed by atoms with Gasteiger partial charge in [0.1, 0.15) is 0 Å². The summed E-state index contributed by atoms with van der Waals surface area (Å²) in [6, 6.07) is 6.12. The number of hydrogen-bond acceptors (Lipinski definition) is 2. The van der Waals surface area contributed by atoms with Crippen LogP contribution in [-0.2, 0) is 4.79 Å². The van der Waals surface area contributed by atoms with Crippen molar-refractivity contribution in [2.75, 3.05) is 11.9 Å². The van der Waals surface area contributed by atoms with E-state index in [-0.39, 0.29) is 6.42 Å². The molecular formula is C12H16BrNO2. The van der Waals surface area contributed by atoms with Crippen molar-refractivity contribution in [3.8, 4) is 0 Å². The van der Waals surface area contributed by atoms with E-state index in [1.807, 2.05) is 19.1 Å². The second-order valence-corrected chi connectivity index (χ2v) is 4.62. The Hall–Kier alpha value is -1.03. The Bertz CT molecular complexity index is 366. The molecule has 0 atom stereocenters. The van der Waals surface area contributed by atoms with Crippen molar-refractivity contribution in [3.05, 3.63) is 28.2 Å². The van der Waals surface area contributed by atoms with Gasteiger partial charge in [0.15, 0.2) is 0 Å². The lowest BCUT2D eigenvalue weighted by Gasteiger charge is -2.08. The number of benzene rings is 1. The van der Waals surface area contributed by atoms with Gasteiger partial charge in [-0.05, 0) is 53.4 Å². The summed E-state index contributed by atoms with van der Waals surface area (Å²) in [4.78, 5) is 10.3. The number of aliphatic carboxylic acids is 1. The molecule has 1 aromatic rings. The normalized spacial score (nSPS) is 10.1. The predicted octanol–water partition coefficient (Wildman–Crippen LogP) is 3.42. The third-order valence-corrected chi connectivity index (χ3v) is 2.95. The number of aryl methyl sites for hydroxylation is 1. The molecule has 1 aromatic carbocycles. The monoisotopic (exact) mass is 285 g/mol. The van der Waals surface area contributed by atoms with E-state index >= 15 is 0 Å². The minimum absolute atomic E-state index is 0.247. The number of unbranched alkanes of at least 4 members (excludes halogenated alkanes) is 1. The van der Waals surface area contributed by atoms with Gasteiger partial charge in [-0.25, -0.2) is 0 Å². The Balaban J connectivity index is 2.31. The average molecular weight is 286 g/mol. The third-order valence-electron chi connectivity index (χ3n) is 2.25. The van der Waals surface area contributed by atoms with Gasteiger partial charge in [0.05, 0.1) is 0 Å². The summed E-state index contributed by atoms with van der Waals surface area (Å²) in [5, 5.41) is 11.8. The molecular weight excluding hydrogens is 270 g/mol. The zero-order valence-corrected chi connectivity index (χ0v) is 10.9. The smallest absolute Gasteiger partial charge is 0.303 e. The van der Waals surface area contributed by atoms with E-state index in [0.717, 1.165) is 23.1 Å². The Morgan fingerprint density at radius 1 is 1.44 bits per heavy atom. The van der Waals surface area contributed by atoms with Crippen LogP contribution in [0.15, 0.2) is 22.7 Å². The predicted molar refractivity (Wildman–Crippen MR) is 68.9 cm³/mol. The second-order valence-electron chi connectivity index (χ2n) is 3.76. The average Bonchev–Trinajstić information content (AvgIpc) is 2.22. The largest absolute Gasteiger partial charge is 0.481 e. The molecule has 0 unspecified atom stereocenters. The first kappa shape index (κ1) is 13.0. The maximum Gasteiger partial charge on any atom is 0.303 e. The van der Waals surface area contributed by atoms with Crippen molar-refractivity contribution in [2.45, 2.75) is 26.2 Å². The Labute approximate surface area is 104 Å². The molecule has 0 heterocycles. The molecule has 0 aliphatic rings. The molecule has 0 amide bonds. The van der Waals surface area contributed by atoms with Gasteiger partial charge >= 0.3 is 5.97 Å². The molecule has 88 valence electrons. The van der Waals surface area contributed by atoms with Crippen molar-refractivity contribution < 1.29 is 9.90 Å². The molecule has 0 aliphatic carbocycles. The van der Waals surface area contributed by atoms with Crippen LogP contribution in [0.2, 0.25) is 0 Å². The quantitative estimate of drug-likeness (QED) is 0.788. The lowest BCUT2D eigenvalue weighted by molar-refractivity contribution is -0.137. The van der Waals surface area contributed by atoms with Crippen molar-refractivity contribution in [2.24, 2.45) is 0 Å². The first-order valence-electron chi connectivity index (χ1n) is 5.31. The van der Waals surface area contributed by atoms with Crippen LogP contribution < -0.4 is 5.32 Å². The fourth-order valence-electron chi connectivity index (χ4n) is 1.40. The van der Waals surface area contributed by atoms with Crippen LogP contribution in [0.4, 0.5) is 5.69 Å². The first-order chi connectivity index (χ1) is 7.59. The minimum atomic E-state index is -0.725. The SMILES string of the molecule is Cc1ccc(Br)c(NCCCCC(=O)O)c1. The maximum atomic E-state index is 10.3. The fourth-order valence-corrected chi connectivity index (χ4v) is 1.79. The summed E-state index contributed by atoms with van der Waals surface area (Å²) in [7, 11) is 0. The van der Waals surface area contributed by atoms with Crippen molar-refractivity contribution in [1.29, 1.82) is 0 Å². The van der Waals surface area contributed by atoms with Gasteiger partial charge in [-0.15, -0.1) is 0 Å². The Morgan fingerprint density at radius 2 is 2.19 bits per heavy atom. The van der Waals surface area contributed by atoms with E-state index in [1.54, 1.807) is 0 Å². The highest BCUT2D eigenvalue weighted by Crippen LogP contribution is 2.23. The molecule has 0 radical (unpaired) electrons. The van der Waals surface area contributed by atoms with E-state index in [0.29, 0.717) is 6.42 Å². The van der Waals surface area contributed by atoms with Crippen LogP contribution in [0.5, 0.6) is 0 Å². The number of anilines is 1. The summed E-state index contributed by atoms with van der Waals surface area (Å²) in [6.07, 6.45) is 1.83. The summed E-state index contributed by atoms with van der Waals surface area (Å²) in [6.45, 7) is 2.84. The summed E-state index contributed by atoms with van der Waals surface area (Å²) >= 11 is 3.47. The zero-order chi connectivity index (χ0) is 12.0. The third kappa shape index (κ3) is 4.66. The van der Waals surface area contributed by atoms with Crippen LogP contribution in [0.1, 0.15) is 24.8 Å². The maximum absolute atomic E-state index is 10.3. The molecule has 0 spiro atoms. The molecule has 2 N–H and O–H groups in total. The van der Waals surface area contributed by atoms with Crippen molar-refractivity contribution in [3.63, 3.8) is 0 Å². The van der Waals surface area contributed by atoms with Gasteiger partial charge in [-0.1, -0.05) is 6.07 Å². The number of carboxylic acid groups (broad SMARTS) is 1. The molecule has 4 heteroatoms. The van der Waals surface area contributed by atoms with E-state index < -0.39 is 5.97 Å². The van der Waals surface area contributed by atoms with E-state index in [4.69, 9.17) is 5.11 Å². The van der Waals surface area contributed by atoms with Gasteiger partial charge < -0.3 is 10.4 Å². The topological polar surface area (TPSA) is 49.3 Å². The minimum Gasteiger partial charge on any atom is -0.481 e. The molecule has 0 aromatic heterocycles. The summed E-state index contributed by atoms with van der Waals surface area (Å²) in [5.41, 5.74) is 2.27. The number of rotatable bonds is 6. The molecule has 0 saturated carbocycles. The number of hydrogen-bond donors (Lipinski definition) is 2. The van der Waals surface area contributed by atoms with E-state index in [9.17, 15) is 4.79 Å². The number of nitrogens with one attached hydrogen (secondary N) is 1. The highest BCUT2D eigenvalue weighted by atomic mass is 79.9. The Morgan fingerprint density at radius 3 is 2.88 bits per heavy atom. The Kier molecular flexibility index (Phi) is 5.32. The van der Waals surface area contributed by atoms with Gasteiger partial charge in [-0.2, -0.15) is 0 Å². The molecule has 16 heavy (non-hydrogen) atoms. The van der Waals surface area contributed by atoms with Gasteiger partial charge in [-0.3, -0.25) is 4.79 Å². The van der Waals surface area contributed by atoms with Crippen molar-refractivity contribution >= 4 is 27.6 Å². The van der Waals surface area contributed by atoms with Gasteiger partial charge in [0.2, 0.25) is 0 Å².